The molecule has 0 saturated heterocycles. The second kappa shape index (κ2) is 8.53. The van der Waals surface area contributed by atoms with Gasteiger partial charge in [-0.05, 0) is 38.5 Å². The molecule has 2 aromatic rings. The molecule has 0 aliphatic heterocycles. The number of nitrogens with one attached hydrogen (secondary N) is 1. The molecule has 1 atom stereocenters. The van der Waals surface area contributed by atoms with Crippen LogP contribution in [0, 0.1) is 0 Å². The van der Waals surface area contributed by atoms with E-state index < -0.39 is 0 Å². The average Bonchev–Trinajstić information content (AvgIpc) is 3.03. The first-order chi connectivity index (χ1) is 11.2. The van der Waals surface area contributed by atoms with Gasteiger partial charge in [0.2, 0.25) is 5.89 Å². The minimum Gasteiger partial charge on any atom is -0.494 e. The van der Waals surface area contributed by atoms with E-state index in [-0.39, 0.29) is 12.6 Å². The minimum absolute atomic E-state index is 0.0685. The fourth-order valence-electron chi connectivity index (χ4n) is 2.28. The molecule has 0 bridgehead atoms. The monoisotopic (exact) mass is 319 g/mol. The van der Waals surface area contributed by atoms with Crippen molar-refractivity contribution >= 4 is 5.69 Å². The van der Waals surface area contributed by atoms with Crippen LogP contribution in [0.1, 0.15) is 56.9 Å². The highest BCUT2D eigenvalue weighted by molar-refractivity contribution is 5.51. The van der Waals surface area contributed by atoms with Gasteiger partial charge in [-0.2, -0.15) is 4.98 Å². The van der Waals surface area contributed by atoms with Crippen molar-refractivity contribution in [2.75, 3.05) is 11.9 Å². The highest BCUT2D eigenvalue weighted by Crippen LogP contribution is 2.25. The van der Waals surface area contributed by atoms with Crippen molar-refractivity contribution in [1.29, 1.82) is 0 Å². The number of aryl methyl sites for hydroxylation is 1. The maximum Gasteiger partial charge on any atom is 0.248 e. The molecule has 1 heterocycles. The number of unbranched alkanes of at least 4 members (excludes halogenated alkanes) is 1. The number of rotatable bonds is 9. The van der Waals surface area contributed by atoms with Gasteiger partial charge in [-0.15, -0.1) is 0 Å². The summed E-state index contributed by atoms with van der Waals surface area (Å²) in [5.41, 5.74) is 1.62. The third-order valence-electron chi connectivity index (χ3n) is 3.52. The van der Waals surface area contributed by atoms with Gasteiger partial charge in [0, 0.05) is 17.7 Å². The third kappa shape index (κ3) is 4.69. The molecule has 126 valence electrons. The summed E-state index contributed by atoms with van der Waals surface area (Å²) >= 11 is 0. The molecule has 2 N–H and O–H groups in total. The van der Waals surface area contributed by atoms with Crippen LogP contribution in [0.3, 0.4) is 0 Å². The van der Waals surface area contributed by atoms with Gasteiger partial charge in [0.1, 0.15) is 11.8 Å². The molecular formula is C17H25N3O3. The zero-order valence-corrected chi connectivity index (χ0v) is 14.0. The molecular weight excluding hydrogens is 294 g/mol. The van der Waals surface area contributed by atoms with Gasteiger partial charge >= 0.3 is 0 Å². The lowest BCUT2D eigenvalue weighted by molar-refractivity contribution is 0.267. The van der Waals surface area contributed by atoms with E-state index in [4.69, 9.17) is 9.26 Å². The quantitative estimate of drug-likeness (QED) is 0.736. The largest absolute Gasteiger partial charge is 0.494 e. The second-order valence-corrected chi connectivity index (χ2v) is 5.43. The molecule has 0 saturated carbocycles. The highest BCUT2D eigenvalue weighted by Gasteiger charge is 2.14. The lowest BCUT2D eigenvalue weighted by Gasteiger charge is -2.14. The Morgan fingerprint density at radius 3 is 2.87 bits per heavy atom. The lowest BCUT2D eigenvalue weighted by Crippen LogP contribution is -2.08. The van der Waals surface area contributed by atoms with E-state index in [2.05, 4.69) is 22.4 Å². The Hall–Kier alpha value is -2.08. The molecule has 23 heavy (non-hydrogen) atoms. The Morgan fingerprint density at radius 1 is 1.35 bits per heavy atom. The Kier molecular flexibility index (Phi) is 6.40. The molecule has 0 fully saturated rings. The van der Waals surface area contributed by atoms with Gasteiger partial charge in [-0.1, -0.05) is 18.5 Å². The predicted molar refractivity (Wildman–Crippen MR) is 88.5 cm³/mol. The molecule has 6 heteroatoms. The molecule has 0 aliphatic carbocycles. The van der Waals surface area contributed by atoms with Gasteiger partial charge < -0.3 is 19.7 Å². The van der Waals surface area contributed by atoms with Gasteiger partial charge in [0.25, 0.3) is 0 Å². The van der Waals surface area contributed by atoms with Gasteiger partial charge in [-0.3, -0.25) is 0 Å². The summed E-state index contributed by atoms with van der Waals surface area (Å²) in [5, 5.41) is 16.8. The van der Waals surface area contributed by atoms with Crippen LogP contribution in [-0.2, 0) is 13.0 Å². The number of ether oxygens (including phenoxy) is 1. The van der Waals surface area contributed by atoms with E-state index >= 15 is 0 Å². The number of aromatic nitrogens is 2. The number of hydrogen-bond donors (Lipinski definition) is 2. The van der Waals surface area contributed by atoms with Gasteiger partial charge in [0.15, 0.2) is 5.82 Å². The summed E-state index contributed by atoms with van der Waals surface area (Å²) in [4.78, 5) is 4.42. The number of benzene rings is 1. The van der Waals surface area contributed by atoms with Crippen LogP contribution in [0.15, 0.2) is 22.7 Å². The summed E-state index contributed by atoms with van der Waals surface area (Å²) in [7, 11) is 0. The lowest BCUT2D eigenvalue weighted by atomic mass is 10.1. The average molecular weight is 319 g/mol. The predicted octanol–water partition coefficient (Wildman–Crippen LogP) is 3.48. The summed E-state index contributed by atoms with van der Waals surface area (Å²) in [6.45, 7) is 6.52. The Balaban J connectivity index is 2.04. The van der Waals surface area contributed by atoms with E-state index in [0.29, 0.717) is 18.2 Å². The van der Waals surface area contributed by atoms with Gasteiger partial charge in [0.05, 0.1) is 13.2 Å². The van der Waals surface area contributed by atoms with Crippen LogP contribution >= 0.6 is 0 Å². The van der Waals surface area contributed by atoms with E-state index in [9.17, 15) is 5.11 Å². The second-order valence-electron chi connectivity index (χ2n) is 5.43. The first-order valence-corrected chi connectivity index (χ1v) is 8.13. The summed E-state index contributed by atoms with van der Waals surface area (Å²) in [6.07, 6.45) is 3.00. The zero-order valence-electron chi connectivity index (χ0n) is 14.0. The first kappa shape index (κ1) is 17.3. The van der Waals surface area contributed by atoms with Crippen LogP contribution in [0.4, 0.5) is 5.69 Å². The van der Waals surface area contributed by atoms with Crippen molar-refractivity contribution in [3.63, 3.8) is 0 Å². The number of hydrogen-bond acceptors (Lipinski definition) is 6. The standard InChI is InChI=1S/C17H25N3O3/c1-4-6-7-16-19-17(23-20-16)12(3)18-14-8-9-15(22-5-2)13(10-14)11-21/h8-10,12,18,21H,4-7,11H2,1-3H3. The topological polar surface area (TPSA) is 80.4 Å². The maximum absolute atomic E-state index is 9.46. The molecule has 0 spiro atoms. The molecule has 2 rings (SSSR count). The van der Waals surface area contributed by atoms with Crippen LogP contribution in [-0.4, -0.2) is 21.9 Å². The van der Waals surface area contributed by atoms with Crippen molar-refractivity contribution in [3.05, 3.63) is 35.5 Å². The smallest absolute Gasteiger partial charge is 0.248 e. The molecule has 1 aromatic carbocycles. The Morgan fingerprint density at radius 2 is 2.17 bits per heavy atom. The third-order valence-corrected chi connectivity index (χ3v) is 3.52. The molecule has 0 amide bonds. The summed E-state index contributed by atoms with van der Waals surface area (Å²) < 4.78 is 10.8. The molecule has 1 aromatic heterocycles. The number of anilines is 1. The SMILES string of the molecule is CCCCc1noc(C(C)Nc2ccc(OCC)c(CO)c2)n1. The van der Waals surface area contributed by atoms with Crippen LogP contribution < -0.4 is 10.1 Å². The maximum atomic E-state index is 9.46. The van der Waals surface area contributed by atoms with Crippen molar-refractivity contribution in [3.8, 4) is 5.75 Å². The summed E-state index contributed by atoms with van der Waals surface area (Å²) in [5.74, 6) is 2.02. The Labute approximate surface area is 136 Å². The number of aliphatic hydroxyl groups is 1. The van der Waals surface area contributed by atoms with E-state index in [0.717, 1.165) is 36.3 Å². The van der Waals surface area contributed by atoms with E-state index in [1.807, 2.05) is 32.0 Å². The normalized spacial score (nSPS) is 12.2. The molecule has 0 aliphatic rings. The van der Waals surface area contributed by atoms with Crippen molar-refractivity contribution in [1.82, 2.24) is 10.1 Å². The van der Waals surface area contributed by atoms with Crippen molar-refractivity contribution < 1.29 is 14.4 Å². The highest BCUT2D eigenvalue weighted by atomic mass is 16.5. The molecule has 1 unspecified atom stereocenters. The van der Waals surface area contributed by atoms with Gasteiger partial charge in [-0.25, -0.2) is 0 Å². The Bertz CT molecular complexity index is 613. The minimum atomic E-state index is -0.109. The first-order valence-electron chi connectivity index (χ1n) is 8.13. The van der Waals surface area contributed by atoms with Crippen molar-refractivity contribution in [2.45, 2.75) is 52.7 Å². The van der Waals surface area contributed by atoms with E-state index in [1.165, 1.54) is 0 Å². The zero-order chi connectivity index (χ0) is 16.7. The van der Waals surface area contributed by atoms with Crippen molar-refractivity contribution in [2.24, 2.45) is 0 Å². The molecule has 6 nitrogen and oxygen atoms in total. The summed E-state index contributed by atoms with van der Waals surface area (Å²) in [6, 6.07) is 5.53. The van der Waals surface area contributed by atoms with Crippen LogP contribution in [0.5, 0.6) is 5.75 Å². The van der Waals surface area contributed by atoms with Crippen LogP contribution in [0.25, 0.3) is 0 Å². The number of aliphatic hydroxyl groups excluding tert-OH is 1. The number of nitrogens with zero attached hydrogens (tertiary/aromatic N) is 2. The fourth-order valence-corrected chi connectivity index (χ4v) is 2.28. The fraction of sp³-hybridized carbons (Fsp3) is 0.529. The van der Waals surface area contributed by atoms with E-state index in [1.54, 1.807) is 0 Å². The molecule has 0 radical (unpaired) electrons. The van der Waals surface area contributed by atoms with Crippen LogP contribution in [0.2, 0.25) is 0 Å².